The minimum Gasteiger partial charge on any atom is -0.447 e. The number of carbonyl (C=O) groups is 3. The predicted molar refractivity (Wildman–Crippen MR) is 175 cm³/mol. The lowest BCUT2D eigenvalue weighted by atomic mass is 9.82. The summed E-state index contributed by atoms with van der Waals surface area (Å²) in [7, 11) is -3.41. The number of aryl methyl sites for hydroxylation is 1. The molecular weight excluding hydrogens is 639 g/mol. The van der Waals surface area contributed by atoms with Crippen molar-refractivity contribution in [2.24, 2.45) is 5.92 Å². The quantitative estimate of drug-likeness (QED) is 0.248. The van der Waals surface area contributed by atoms with Crippen LogP contribution in [0.15, 0.2) is 48.7 Å². The Balaban J connectivity index is 1.24. The first-order chi connectivity index (χ1) is 23.0. The maximum atomic E-state index is 16.3. The number of aromatic nitrogens is 3. The van der Waals surface area contributed by atoms with Gasteiger partial charge in [0.15, 0.2) is 5.60 Å². The van der Waals surface area contributed by atoms with Crippen molar-refractivity contribution in [1.82, 2.24) is 15.0 Å². The molecule has 1 N–H and O–H groups in total. The fraction of sp³-hybridized carbons (Fsp3) is 0.485. The number of benzene rings is 2. The molecule has 48 heavy (non-hydrogen) atoms. The average Bonchev–Trinajstić information content (AvgIpc) is 3.88. The Morgan fingerprint density at radius 2 is 1.67 bits per heavy atom. The van der Waals surface area contributed by atoms with E-state index in [0.717, 1.165) is 5.56 Å². The van der Waals surface area contributed by atoms with E-state index in [9.17, 15) is 19.5 Å². The first-order valence-corrected chi connectivity index (χ1v) is 19.3. The van der Waals surface area contributed by atoms with Gasteiger partial charge in [0.05, 0.1) is 37.1 Å². The van der Waals surface area contributed by atoms with E-state index in [1.54, 1.807) is 39.8 Å². The Morgan fingerprint density at radius 1 is 1.00 bits per heavy atom. The third-order valence-corrected chi connectivity index (χ3v) is 12.4. The molecule has 1 spiro atoms. The fourth-order valence-electron chi connectivity index (χ4n) is 7.79. The molecule has 1 aromatic heterocycles. The van der Waals surface area contributed by atoms with Crippen LogP contribution in [0.3, 0.4) is 0 Å². The summed E-state index contributed by atoms with van der Waals surface area (Å²) >= 11 is 0. The monoisotopic (exact) mass is 678 g/mol. The van der Waals surface area contributed by atoms with Gasteiger partial charge in [-0.2, -0.15) is 0 Å². The summed E-state index contributed by atoms with van der Waals surface area (Å²) < 4.78 is 35.2. The molecule has 3 amide bonds. The van der Waals surface area contributed by atoms with Crippen molar-refractivity contribution in [2.45, 2.75) is 63.2 Å². The zero-order chi connectivity index (χ0) is 33.8. The number of hydrogen-bond donors (Lipinski definition) is 1. The van der Waals surface area contributed by atoms with Gasteiger partial charge in [-0.3, -0.25) is 19.3 Å². The van der Waals surface area contributed by atoms with Crippen LogP contribution in [0.4, 0.5) is 30.8 Å². The maximum absolute atomic E-state index is 16.3. The highest BCUT2D eigenvalue weighted by Gasteiger charge is 2.66. The predicted octanol–water partition coefficient (Wildman–Crippen LogP) is 4.14. The van der Waals surface area contributed by atoms with Crippen molar-refractivity contribution in [3.63, 3.8) is 0 Å². The van der Waals surface area contributed by atoms with Gasteiger partial charge in [0.2, 0.25) is 8.41 Å². The topological polar surface area (TPSA) is 140 Å². The molecular formula is C33H39FN6O7Si. The molecule has 254 valence electrons. The van der Waals surface area contributed by atoms with Crippen LogP contribution in [-0.4, -0.2) is 85.6 Å². The summed E-state index contributed by atoms with van der Waals surface area (Å²) in [6, 6.07) is 12.8. The maximum Gasteiger partial charge on any atom is 0.414 e. The lowest BCUT2D eigenvalue weighted by molar-refractivity contribution is -0.146. The number of amides is 3. The van der Waals surface area contributed by atoms with Crippen LogP contribution < -0.4 is 14.7 Å². The van der Waals surface area contributed by atoms with Gasteiger partial charge in [-0.25, -0.2) is 9.59 Å². The van der Waals surface area contributed by atoms with Crippen LogP contribution >= 0.6 is 0 Å². The fourth-order valence-corrected chi connectivity index (χ4v) is 10.3. The van der Waals surface area contributed by atoms with E-state index in [2.05, 4.69) is 10.3 Å². The Bertz CT molecular complexity index is 1730. The first-order valence-electron chi connectivity index (χ1n) is 16.3. The molecule has 0 unspecified atom stereocenters. The lowest BCUT2D eigenvalue weighted by Crippen LogP contribution is -2.45. The van der Waals surface area contributed by atoms with Gasteiger partial charge in [-0.05, 0) is 55.4 Å². The molecule has 7 rings (SSSR count). The molecule has 4 atom stereocenters. The molecule has 2 aromatic carbocycles. The van der Waals surface area contributed by atoms with Crippen molar-refractivity contribution < 1.29 is 37.8 Å². The van der Waals surface area contributed by atoms with Gasteiger partial charge < -0.3 is 28.3 Å². The van der Waals surface area contributed by atoms with E-state index in [4.69, 9.17) is 14.2 Å². The Hall–Kier alpha value is -4.34. The van der Waals surface area contributed by atoms with Crippen LogP contribution in [0.1, 0.15) is 30.2 Å². The molecule has 0 bridgehead atoms. The third kappa shape index (κ3) is 5.43. The second-order valence-electron chi connectivity index (χ2n) is 13.3. The zero-order valence-electron chi connectivity index (χ0n) is 27.2. The Kier molecular flexibility index (Phi) is 8.24. The molecule has 13 nitrogen and oxygen atoms in total. The smallest absolute Gasteiger partial charge is 0.414 e. The minimum absolute atomic E-state index is 0.0411. The highest BCUT2D eigenvalue weighted by atomic mass is 28.4. The van der Waals surface area contributed by atoms with Gasteiger partial charge in [0.1, 0.15) is 13.2 Å². The van der Waals surface area contributed by atoms with Crippen LogP contribution in [0.5, 0.6) is 0 Å². The number of hydrogen-bond acceptors (Lipinski definition) is 9. The van der Waals surface area contributed by atoms with Crippen LogP contribution in [0.25, 0.3) is 0 Å². The first kappa shape index (κ1) is 32.2. The van der Waals surface area contributed by atoms with Crippen LogP contribution in [-0.2, 0) is 44.1 Å². The number of fused-ring (bicyclic) bond motifs is 2. The van der Waals surface area contributed by atoms with Gasteiger partial charge in [0.25, 0.3) is 5.91 Å². The van der Waals surface area contributed by atoms with E-state index in [1.807, 2.05) is 43.3 Å². The molecule has 5 heterocycles. The molecule has 3 fully saturated rings. The number of cyclic esters (lactones) is 2. The number of anilines is 3. The second kappa shape index (κ2) is 12.3. The molecule has 15 heteroatoms. The average molecular weight is 679 g/mol. The zero-order valence-corrected chi connectivity index (χ0v) is 28.2. The summed E-state index contributed by atoms with van der Waals surface area (Å²) in [5.74, 6) is -0.800. The van der Waals surface area contributed by atoms with E-state index in [1.165, 1.54) is 4.90 Å². The summed E-state index contributed by atoms with van der Waals surface area (Å²) in [6.45, 7) is 7.24. The standard InChI is InChI=1S/C33H39FN6O7Si/c1-21-29(48(2,3)34)28(10-12-37-20-23(11-15-41)35-36-37)47-33(21)26-18-25(39-14-17-46-32(39)44)8-9-27(26)40(30(33)42)19-22-4-6-24(7-5-22)38-13-16-45-31(38)43/h4-9,18,20-21,28-29,41H,10-17,19H2,1-3H3/t21-,28+,29-,33+/m0/s1. The van der Waals surface area contributed by atoms with E-state index < -0.39 is 43.8 Å². The highest BCUT2D eigenvalue weighted by molar-refractivity contribution is 6.72. The van der Waals surface area contributed by atoms with E-state index in [0.29, 0.717) is 67.4 Å². The number of aliphatic hydroxyl groups excluding tert-OH is 1. The second-order valence-corrected chi connectivity index (χ2v) is 17.1. The van der Waals surface area contributed by atoms with E-state index in [-0.39, 0.29) is 25.7 Å². The third-order valence-electron chi connectivity index (χ3n) is 9.96. The molecule has 0 radical (unpaired) electrons. The SMILES string of the molecule is C[C@H]1[C@H]([Si](C)(C)F)[C@@H](CCn2cc(CCO)nn2)O[C@]12C(=O)N(Cc1ccc(N3CCOC3=O)cc1)c1ccc(N3CCOC3=O)cc12. The number of rotatable bonds is 10. The normalized spacial score (nSPS) is 25.4. The largest absolute Gasteiger partial charge is 0.447 e. The molecule has 0 aliphatic carbocycles. The van der Waals surface area contributed by atoms with Gasteiger partial charge in [0, 0.05) is 54.2 Å². The number of nitrogens with zero attached hydrogens (tertiary/aromatic N) is 6. The van der Waals surface area contributed by atoms with Crippen LogP contribution in [0, 0.1) is 5.92 Å². The summed E-state index contributed by atoms with van der Waals surface area (Å²) in [5, 5.41) is 17.5. The Labute approximate surface area is 278 Å². The highest BCUT2D eigenvalue weighted by Crippen LogP contribution is 2.60. The lowest BCUT2D eigenvalue weighted by Gasteiger charge is -2.31. The summed E-state index contributed by atoms with van der Waals surface area (Å²) in [5.41, 5.74) is 2.01. The summed E-state index contributed by atoms with van der Waals surface area (Å²) in [4.78, 5) is 44.3. The van der Waals surface area contributed by atoms with Crippen molar-refractivity contribution >= 4 is 43.6 Å². The molecule has 0 saturated carbocycles. The van der Waals surface area contributed by atoms with Crippen molar-refractivity contribution in [2.75, 3.05) is 47.6 Å². The molecule has 4 aliphatic heterocycles. The minimum atomic E-state index is -3.41. The van der Waals surface area contributed by atoms with Gasteiger partial charge in [-0.15, -0.1) is 5.10 Å². The van der Waals surface area contributed by atoms with Gasteiger partial charge in [-0.1, -0.05) is 24.3 Å². The summed E-state index contributed by atoms with van der Waals surface area (Å²) in [6.07, 6.45) is 1.10. The molecule has 4 aliphatic rings. The van der Waals surface area contributed by atoms with Crippen molar-refractivity contribution in [1.29, 1.82) is 0 Å². The van der Waals surface area contributed by atoms with Crippen molar-refractivity contribution in [3.8, 4) is 0 Å². The van der Waals surface area contributed by atoms with E-state index >= 15 is 4.11 Å². The van der Waals surface area contributed by atoms with Crippen molar-refractivity contribution in [3.05, 3.63) is 65.5 Å². The van der Waals surface area contributed by atoms with Crippen LogP contribution in [0.2, 0.25) is 18.6 Å². The van der Waals surface area contributed by atoms with Gasteiger partial charge >= 0.3 is 12.2 Å². The molecule has 3 saturated heterocycles. The molecule has 3 aromatic rings. The number of halogens is 1. The Morgan fingerprint density at radius 3 is 2.29 bits per heavy atom. The number of carbonyl (C=O) groups excluding carboxylic acids is 3. The number of aliphatic hydroxyl groups is 1. The number of ether oxygens (including phenoxy) is 3.